The summed E-state index contributed by atoms with van der Waals surface area (Å²) in [5.74, 6) is -0.0804. The molecular formula is C18H26N2O4. The van der Waals surface area contributed by atoms with Crippen LogP contribution in [0.5, 0.6) is 0 Å². The first-order chi connectivity index (χ1) is 11.3. The lowest BCUT2D eigenvalue weighted by Crippen LogP contribution is -2.40. The molecule has 2 rings (SSSR count). The molecule has 1 aromatic rings. The number of anilines is 1. The molecule has 1 unspecified atom stereocenters. The van der Waals surface area contributed by atoms with Gasteiger partial charge in [0.05, 0.1) is 5.41 Å². The topological polar surface area (TPSA) is 87.7 Å². The van der Waals surface area contributed by atoms with Crippen molar-refractivity contribution in [2.24, 2.45) is 0 Å². The lowest BCUT2D eigenvalue weighted by Gasteiger charge is -2.28. The zero-order chi connectivity index (χ0) is 17.8. The fourth-order valence-corrected chi connectivity index (χ4v) is 3.07. The Morgan fingerprint density at radius 1 is 1.29 bits per heavy atom. The van der Waals surface area contributed by atoms with Crippen molar-refractivity contribution in [2.75, 3.05) is 18.5 Å². The van der Waals surface area contributed by atoms with Crippen LogP contribution in [0.1, 0.15) is 45.6 Å². The quantitative estimate of drug-likeness (QED) is 0.746. The minimum atomic E-state index is -0.728. The summed E-state index contributed by atoms with van der Waals surface area (Å²) in [7, 11) is 0. The van der Waals surface area contributed by atoms with Gasteiger partial charge in [0.15, 0.2) is 0 Å². The molecule has 0 fully saturated rings. The number of nitrogens with one attached hydrogen (secondary N) is 2. The summed E-state index contributed by atoms with van der Waals surface area (Å²) in [6, 6.07) is 7.57. The molecule has 0 bridgehead atoms. The van der Waals surface area contributed by atoms with Crippen molar-refractivity contribution in [3.8, 4) is 0 Å². The van der Waals surface area contributed by atoms with Crippen LogP contribution < -0.4 is 10.6 Å². The summed E-state index contributed by atoms with van der Waals surface area (Å²) < 4.78 is 5.22. The molecular weight excluding hydrogens is 308 g/mol. The van der Waals surface area contributed by atoms with Gasteiger partial charge in [0.2, 0.25) is 5.91 Å². The maximum atomic E-state index is 12.6. The average Bonchev–Trinajstić information content (AvgIpc) is 2.76. The van der Waals surface area contributed by atoms with E-state index in [0.717, 1.165) is 11.3 Å². The molecule has 132 valence electrons. The average molecular weight is 334 g/mol. The standard InChI is InChI=1S/C18H26N2O4/c1-17(2,3)24-16(23)19-11-10-18(9-6-12-21)13-7-4-5-8-14(13)20-15(18)22/h4-5,7-8,21H,6,9-12H2,1-3H3,(H,19,23)(H,20,22). The van der Waals surface area contributed by atoms with Gasteiger partial charge in [0.25, 0.3) is 0 Å². The molecule has 0 spiro atoms. The second-order valence-corrected chi connectivity index (χ2v) is 7.09. The number of carbonyl (C=O) groups is 2. The molecule has 6 heteroatoms. The van der Waals surface area contributed by atoms with E-state index in [9.17, 15) is 14.7 Å². The van der Waals surface area contributed by atoms with Crippen molar-refractivity contribution in [2.45, 2.75) is 51.0 Å². The van der Waals surface area contributed by atoms with Gasteiger partial charge in [-0.2, -0.15) is 0 Å². The third-order valence-corrected chi connectivity index (χ3v) is 4.11. The predicted molar refractivity (Wildman–Crippen MR) is 91.9 cm³/mol. The van der Waals surface area contributed by atoms with E-state index in [1.807, 2.05) is 24.3 Å². The monoisotopic (exact) mass is 334 g/mol. The SMILES string of the molecule is CC(C)(C)OC(=O)NCCC1(CCCO)C(=O)Nc2ccccc21. The van der Waals surface area contributed by atoms with E-state index >= 15 is 0 Å². The van der Waals surface area contributed by atoms with Crippen molar-refractivity contribution in [3.05, 3.63) is 29.8 Å². The molecule has 3 N–H and O–H groups in total. The molecule has 0 radical (unpaired) electrons. The number of para-hydroxylation sites is 1. The van der Waals surface area contributed by atoms with E-state index in [0.29, 0.717) is 25.8 Å². The molecule has 0 aromatic heterocycles. The Hall–Kier alpha value is -2.08. The summed E-state index contributed by atoms with van der Waals surface area (Å²) in [6.45, 7) is 5.75. The number of fused-ring (bicyclic) bond motifs is 1. The summed E-state index contributed by atoms with van der Waals surface area (Å²) in [5, 5.41) is 14.8. The molecule has 0 aliphatic carbocycles. The number of benzene rings is 1. The van der Waals surface area contributed by atoms with Gasteiger partial charge in [-0.15, -0.1) is 0 Å². The number of aliphatic hydroxyl groups is 1. The summed E-state index contributed by atoms with van der Waals surface area (Å²) in [6.07, 6.45) is 1.01. The zero-order valence-corrected chi connectivity index (χ0v) is 14.5. The van der Waals surface area contributed by atoms with Gasteiger partial charge < -0.3 is 20.5 Å². The second kappa shape index (κ2) is 7.21. The van der Waals surface area contributed by atoms with Crippen molar-refractivity contribution in [1.29, 1.82) is 0 Å². The van der Waals surface area contributed by atoms with Crippen LogP contribution >= 0.6 is 0 Å². The molecule has 6 nitrogen and oxygen atoms in total. The Labute approximate surface area is 142 Å². The molecule has 0 saturated carbocycles. The number of aliphatic hydroxyl groups excluding tert-OH is 1. The van der Waals surface area contributed by atoms with Crippen molar-refractivity contribution in [3.63, 3.8) is 0 Å². The van der Waals surface area contributed by atoms with Gasteiger partial charge in [-0.1, -0.05) is 18.2 Å². The van der Waals surface area contributed by atoms with Gasteiger partial charge in [-0.25, -0.2) is 4.79 Å². The van der Waals surface area contributed by atoms with E-state index in [-0.39, 0.29) is 12.5 Å². The van der Waals surface area contributed by atoms with E-state index < -0.39 is 17.1 Å². The smallest absolute Gasteiger partial charge is 0.407 e. The first kappa shape index (κ1) is 18.3. The number of hydrogen-bond donors (Lipinski definition) is 3. The lowest BCUT2D eigenvalue weighted by atomic mass is 9.75. The first-order valence-corrected chi connectivity index (χ1v) is 8.27. The van der Waals surface area contributed by atoms with Crippen LogP contribution in [-0.2, 0) is 14.9 Å². The molecule has 1 aliphatic heterocycles. The van der Waals surface area contributed by atoms with Crippen LogP contribution in [0.2, 0.25) is 0 Å². The number of carbonyl (C=O) groups excluding carboxylic acids is 2. The third kappa shape index (κ3) is 4.06. The number of hydrogen-bond acceptors (Lipinski definition) is 4. The molecule has 0 saturated heterocycles. The largest absolute Gasteiger partial charge is 0.444 e. The minimum absolute atomic E-state index is 0.0245. The molecule has 1 aromatic carbocycles. The molecule has 1 atom stereocenters. The van der Waals surface area contributed by atoms with Crippen molar-refractivity contribution >= 4 is 17.7 Å². The highest BCUT2D eigenvalue weighted by Gasteiger charge is 2.45. The van der Waals surface area contributed by atoms with Gasteiger partial charge >= 0.3 is 6.09 Å². The van der Waals surface area contributed by atoms with Crippen LogP contribution in [0.4, 0.5) is 10.5 Å². The van der Waals surface area contributed by atoms with Crippen LogP contribution in [0.25, 0.3) is 0 Å². The minimum Gasteiger partial charge on any atom is -0.444 e. The van der Waals surface area contributed by atoms with Crippen molar-refractivity contribution in [1.82, 2.24) is 5.32 Å². The summed E-state index contributed by atoms with van der Waals surface area (Å²) in [5.41, 5.74) is 0.441. The fourth-order valence-electron chi connectivity index (χ4n) is 3.07. The Morgan fingerprint density at radius 3 is 2.67 bits per heavy atom. The zero-order valence-electron chi connectivity index (χ0n) is 14.5. The Balaban J connectivity index is 2.09. The maximum Gasteiger partial charge on any atom is 0.407 e. The van der Waals surface area contributed by atoms with Gasteiger partial charge in [0, 0.05) is 18.8 Å². The highest BCUT2D eigenvalue weighted by Crippen LogP contribution is 2.43. The van der Waals surface area contributed by atoms with Crippen LogP contribution in [0.15, 0.2) is 24.3 Å². The van der Waals surface area contributed by atoms with Crippen LogP contribution in [0, 0.1) is 0 Å². The Morgan fingerprint density at radius 2 is 2.00 bits per heavy atom. The lowest BCUT2D eigenvalue weighted by molar-refractivity contribution is -0.121. The van der Waals surface area contributed by atoms with E-state index in [1.165, 1.54) is 0 Å². The Bertz CT molecular complexity index is 609. The molecule has 2 amide bonds. The second-order valence-electron chi connectivity index (χ2n) is 7.09. The van der Waals surface area contributed by atoms with Crippen LogP contribution in [0.3, 0.4) is 0 Å². The number of ether oxygens (including phenoxy) is 1. The summed E-state index contributed by atoms with van der Waals surface area (Å²) >= 11 is 0. The first-order valence-electron chi connectivity index (χ1n) is 8.27. The van der Waals surface area contributed by atoms with E-state index in [2.05, 4.69) is 10.6 Å². The highest BCUT2D eigenvalue weighted by atomic mass is 16.6. The van der Waals surface area contributed by atoms with E-state index in [4.69, 9.17) is 4.74 Å². The predicted octanol–water partition coefficient (Wildman–Crippen LogP) is 2.56. The van der Waals surface area contributed by atoms with Crippen LogP contribution in [-0.4, -0.2) is 35.9 Å². The molecule has 1 aliphatic rings. The normalized spacial score (nSPS) is 19.6. The maximum absolute atomic E-state index is 12.6. The molecule has 24 heavy (non-hydrogen) atoms. The van der Waals surface area contributed by atoms with Gasteiger partial charge in [-0.05, 0) is 51.7 Å². The Kier molecular flexibility index (Phi) is 5.49. The highest BCUT2D eigenvalue weighted by molar-refractivity contribution is 6.06. The van der Waals surface area contributed by atoms with Gasteiger partial charge in [0.1, 0.15) is 5.60 Å². The summed E-state index contributed by atoms with van der Waals surface area (Å²) in [4.78, 5) is 24.4. The van der Waals surface area contributed by atoms with E-state index in [1.54, 1.807) is 20.8 Å². The molecule has 1 heterocycles. The number of alkyl carbamates (subject to hydrolysis) is 1. The number of rotatable bonds is 6. The number of amides is 2. The fraction of sp³-hybridized carbons (Fsp3) is 0.556. The van der Waals surface area contributed by atoms with Gasteiger partial charge in [-0.3, -0.25) is 4.79 Å². The third-order valence-electron chi connectivity index (χ3n) is 4.11. The van der Waals surface area contributed by atoms with Crippen molar-refractivity contribution < 1.29 is 19.4 Å².